The van der Waals surface area contributed by atoms with Crippen molar-refractivity contribution in [1.29, 1.82) is 0 Å². The molecule has 11 heteroatoms. The summed E-state index contributed by atoms with van der Waals surface area (Å²) >= 11 is 11.1. The number of carbonyl (C=O) groups excluding carboxylic acids is 2. The molecule has 4 rings (SSSR count). The molecule has 1 fully saturated rings. The second-order valence-electron chi connectivity index (χ2n) is 6.78. The van der Waals surface area contributed by atoms with Gasteiger partial charge in [-0.2, -0.15) is 0 Å². The monoisotopic (exact) mass is 483 g/mol. The van der Waals surface area contributed by atoms with E-state index in [9.17, 15) is 19.7 Å². The summed E-state index contributed by atoms with van der Waals surface area (Å²) in [6.45, 7) is 0. The molecule has 3 aromatic rings. The zero-order valence-electron chi connectivity index (χ0n) is 16.9. The number of nitro benzene ring substituents is 1. The summed E-state index contributed by atoms with van der Waals surface area (Å²) in [7, 11) is 1.40. The number of hydrogen-bond donors (Lipinski definition) is 1. The molecule has 2 heterocycles. The number of carbonyl (C=O) groups is 2. The molecule has 9 nitrogen and oxygen atoms in total. The van der Waals surface area contributed by atoms with Crippen molar-refractivity contribution in [2.45, 2.75) is 0 Å². The highest BCUT2D eigenvalue weighted by Gasteiger charge is 2.34. The molecule has 0 atom stereocenters. The van der Waals surface area contributed by atoms with Crippen molar-refractivity contribution in [1.82, 2.24) is 5.32 Å². The quantitative estimate of drug-likeness (QED) is 0.188. The van der Waals surface area contributed by atoms with Crippen molar-refractivity contribution in [3.05, 3.63) is 81.1 Å². The Morgan fingerprint density at radius 1 is 1.15 bits per heavy atom. The van der Waals surface area contributed by atoms with Gasteiger partial charge in [-0.05, 0) is 66.8 Å². The van der Waals surface area contributed by atoms with Gasteiger partial charge in [0, 0.05) is 5.02 Å². The highest BCUT2D eigenvalue weighted by molar-refractivity contribution is 7.80. The van der Waals surface area contributed by atoms with Crippen molar-refractivity contribution in [3.63, 3.8) is 0 Å². The molecule has 0 radical (unpaired) electrons. The lowest BCUT2D eigenvalue weighted by atomic mass is 10.1. The number of rotatable bonds is 5. The fraction of sp³-hybridized carbons (Fsp3) is 0.0455. The first-order valence-electron chi connectivity index (χ1n) is 9.38. The van der Waals surface area contributed by atoms with Crippen LogP contribution < -0.4 is 15.0 Å². The van der Waals surface area contributed by atoms with E-state index in [-0.39, 0.29) is 33.5 Å². The zero-order chi connectivity index (χ0) is 23.7. The predicted molar refractivity (Wildman–Crippen MR) is 125 cm³/mol. The summed E-state index contributed by atoms with van der Waals surface area (Å²) in [5.74, 6) is -0.687. The highest BCUT2D eigenvalue weighted by Crippen LogP contribution is 2.34. The van der Waals surface area contributed by atoms with Crippen molar-refractivity contribution in [2.24, 2.45) is 0 Å². The van der Waals surface area contributed by atoms with E-state index in [1.807, 2.05) is 0 Å². The summed E-state index contributed by atoms with van der Waals surface area (Å²) in [5.41, 5.74) is 0.209. The number of thiocarbonyl (C=S) groups is 1. The van der Waals surface area contributed by atoms with Crippen LogP contribution in [0.1, 0.15) is 5.76 Å². The Kier molecular flexibility index (Phi) is 5.95. The van der Waals surface area contributed by atoms with Crippen molar-refractivity contribution in [2.75, 3.05) is 12.0 Å². The summed E-state index contributed by atoms with van der Waals surface area (Å²) < 4.78 is 10.7. The standard InChI is InChI=1S/C22H14ClN3O6S/c1-31-14-6-8-16(18(11-14)26(29)30)19-9-7-15(32-19)10-17-20(27)24-22(33)25(21(17)28)13-4-2-12(23)3-5-13/h2-11H,1H3,(H,24,27,33). The maximum Gasteiger partial charge on any atom is 0.284 e. The van der Waals surface area contributed by atoms with Crippen LogP contribution in [0.3, 0.4) is 0 Å². The average Bonchev–Trinajstić information content (AvgIpc) is 3.26. The number of methoxy groups -OCH3 is 1. The van der Waals surface area contributed by atoms with Crippen LogP contribution in [0.25, 0.3) is 17.4 Å². The largest absolute Gasteiger partial charge is 0.497 e. The number of ether oxygens (including phenoxy) is 1. The number of anilines is 1. The summed E-state index contributed by atoms with van der Waals surface area (Å²) in [4.78, 5) is 37.6. The van der Waals surface area contributed by atoms with Gasteiger partial charge in [-0.1, -0.05) is 11.6 Å². The van der Waals surface area contributed by atoms with Crippen LogP contribution in [0.4, 0.5) is 11.4 Å². The van der Waals surface area contributed by atoms with E-state index in [2.05, 4.69) is 5.32 Å². The van der Waals surface area contributed by atoms with Crippen LogP contribution in [0, 0.1) is 10.1 Å². The second-order valence-corrected chi connectivity index (χ2v) is 7.60. The van der Waals surface area contributed by atoms with Crippen LogP contribution in [0.2, 0.25) is 5.02 Å². The summed E-state index contributed by atoms with van der Waals surface area (Å²) in [5, 5.41) is 14.3. The number of nitrogens with zero attached hydrogens (tertiary/aromatic N) is 2. The number of benzene rings is 2. The Balaban J connectivity index is 1.69. The number of furan rings is 1. The highest BCUT2D eigenvalue weighted by atomic mass is 35.5. The van der Waals surface area contributed by atoms with Gasteiger partial charge in [-0.15, -0.1) is 0 Å². The van der Waals surface area contributed by atoms with Gasteiger partial charge in [0.15, 0.2) is 5.11 Å². The molecule has 2 amide bonds. The SMILES string of the molecule is COc1ccc(-c2ccc(C=C3C(=O)NC(=S)N(c4ccc(Cl)cc4)C3=O)o2)c([N+](=O)[O-])c1. The van der Waals surface area contributed by atoms with E-state index >= 15 is 0 Å². The lowest BCUT2D eigenvalue weighted by Crippen LogP contribution is -2.54. The van der Waals surface area contributed by atoms with E-state index < -0.39 is 16.7 Å². The molecular weight excluding hydrogens is 470 g/mol. The Bertz CT molecular complexity index is 1330. The number of halogens is 1. The van der Waals surface area contributed by atoms with Gasteiger partial charge >= 0.3 is 0 Å². The van der Waals surface area contributed by atoms with Crippen molar-refractivity contribution in [3.8, 4) is 17.1 Å². The maximum atomic E-state index is 13.1. The lowest BCUT2D eigenvalue weighted by molar-refractivity contribution is -0.384. The fourth-order valence-electron chi connectivity index (χ4n) is 3.20. The third-order valence-corrected chi connectivity index (χ3v) is 5.30. The Hall–Kier alpha value is -4.02. The Morgan fingerprint density at radius 2 is 1.88 bits per heavy atom. The van der Waals surface area contributed by atoms with Gasteiger partial charge in [-0.25, -0.2) is 0 Å². The number of hydrogen-bond acceptors (Lipinski definition) is 7. The van der Waals surface area contributed by atoms with Crippen LogP contribution in [0.5, 0.6) is 5.75 Å². The summed E-state index contributed by atoms with van der Waals surface area (Å²) in [6, 6.07) is 13.7. The molecule has 0 spiro atoms. The first-order chi connectivity index (χ1) is 15.8. The van der Waals surface area contributed by atoms with Gasteiger partial charge in [-0.3, -0.25) is 29.9 Å². The first-order valence-corrected chi connectivity index (χ1v) is 10.2. The van der Waals surface area contributed by atoms with E-state index in [4.69, 9.17) is 33.0 Å². The van der Waals surface area contributed by atoms with Crippen LogP contribution in [0.15, 0.2) is 64.6 Å². The van der Waals surface area contributed by atoms with Gasteiger partial charge < -0.3 is 9.15 Å². The van der Waals surface area contributed by atoms with E-state index in [1.165, 1.54) is 37.5 Å². The Morgan fingerprint density at radius 3 is 2.55 bits per heavy atom. The molecule has 1 N–H and O–H groups in total. The molecule has 33 heavy (non-hydrogen) atoms. The molecular formula is C22H14ClN3O6S. The molecule has 0 unspecified atom stereocenters. The number of nitrogens with one attached hydrogen (secondary N) is 1. The van der Waals surface area contributed by atoms with Crippen LogP contribution in [-0.2, 0) is 9.59 Å². The molecule has 2 aromatic carbocycles. The average molecular weight is 484 g/mol. The van der Waals surface area contributed by atoms with Crippen LogP contribution in [-0.4, -0.2) is 29.0 Å². The third-order valence-electron chi connectivity index (χ3n) is 4.77. The van der Waals surface area contributed by atoms with Gasteiger partial charge in [0.1, 0.15) is 22.8 Å². The van der Waals surface area contributed by atoms with E-state index in [0.717, 1.165) is 4.90 Å². The lowest BCUT2D eigenvalue weighted by Gasteiger charge is -2.28. The van der Waals surface area contributed by atoms with E-state index in [0.29, 0.717) is 16.5 Å². The molecule has 0 saturated carbocycles. The van der Waals surface area contributed by atoms with Gasteiger partial charge in [0.05, 0.1) is 29.4 Å². The molecule has 0 aliphatic carbocycles. The summed E-state index contributed by atoms with van der Waals surface area (Å²) in [6.07, 6.45) is 1.25. The molecule has 1 aliphatic rings. The van der Waals surface area contributed by atoms with Gasteiger partial charge in [0.2, 0.25) is 0 Å². The minimum atomic E-state index is -0.691. The molecule has 0 bridgehead atoms. The molecule has 1 aromatic heterocycles. The molecule has 1 saturated heterocycles. The smallest absolute Gasteiger partial charge is 0.284 e. The first kappa shape index (κ1) is 22.2. The minimum Gasteiger partial charge on any atom is -0.497 e. The number of amides is 2. The van der Waals surface area contributed by atoms with E-state index in [1.54, 1.807) is 30.3 Å². The van der Waals surface area contributed by atoms with Crippen molar-refractivity contribution < 1.29 is 23.7 Å². The van der Waals surface area contributed by atoms with Crippen LogP contribution >= 0.6 is 23.8 Å². The number of nitro groups is 1. The van der Waals surface area contributed by atoms with Gasteiger partial charge in [0.25, 0.3) is 17.5 Å². The zero-order valence-corrected chi connectivity index (χ0v) is 18.5. The third kappa shape index (κ3) is 4.34. The second kappa shape index (κ2) is 8.85. The van der Waals surface area contributed by atoms with Crippen molar-refractivity contribution >= 4 is 58.2 Å². The molecule has 1 aliphatic heterocycles. The topological polar surface area (TPSA) is 115 Å². The minimum absolute atomic E-state index is 0.0709. The predicted octanol–water partition coefficient (Wildman–Crippen LogP) is 4.35. The fourth-order valence-corrected chi connectivity index (χ4v) is 3.60. The Labute approximate surface area is 197 Å². The molecule has 166 valence electrons. The normalized spacial score (nSPS) is 15.0. The maximum absolute atomic E-state index is 13.1.